The Balaban J connectivity index is 1.44. The molecule has 3 heterocycles. The predicted octanol–water partition coefficient (Wildman–Crippen LogP) is 4.69. The summed E-state index contributed by atoms with van der Waals surface area (Å²) in [4.78, 5) is 24.6. The summed E-state index contributed by atoms with van der Waals surface area (Å²) < 4.78 is 6.92. The number of hydrogen-bond donors (Lipinski definition) is 1. The molecule has 3 aromatic heterocycles. The van der Waals surface area contributed by atoms with Gasteiger partial charge in [-0.15, -0.1) is 5.11 Å². The highest BCUT2D eigenvalue weighted by molar-refractivity contribution is 5.85. The number of aromatic nitrogens is 5. The molecule has 0 radical (unpaired) electrons. The first-order valence-electron chi connectivity index (χ1n) is 10.4. The minimum absolute atomic E-state index is 0.207. The standard InChI is InChI=1S/C23H24N8O2/c1-15-5-8-17(9-6-15)31-21-18(13-28-31)20(25-14-26-21)30-27-12-16-7-10-19(24-11-16)33-22(32)29-23(2,3)4/h5-11,13-14H,12H2,1-4H3,(H,29,32). The zero-order chi connectivity index (χ0) is 23.4. The fourth-order valence-corrected chi connectivity index (χ4v) is 2.96. The number of benzene rings is 1. The lowest BCUT2D eigenvalue weighted by Gasteiger charge is -2.19. The van der Waals surface area contributed by atoms with E-state index in [0.717, 1.165) is 11.3 Å². The van der Waals surface area contributed by atoms with Crippen molar-refractivity contribution in [1.82, 2.24) is 30.0 Å². The first-order chi connectivity index (χ1) is 15.8. The Morgan fingerprint density at radius 1 is 1.06 bits per heavy atom. The average molecular weight is 444 g/mol. The van der Waals surface area contributed by atoms with Gasteiger partial charge in [0.2, 0.25) is 5.88 Å². The SMILES string of the molecule is Cc1ccc(-n2ncc3c(N=NCc4ccc(OC(=O)NC(C)(C)C)nc4)ncnc32)cc1. The van der Waals surface area contributed by atoms with E-state index in [1.165, 1.54) is 11.9 Å². The van der Waals surface area contributed by atoms with Gasteiger partial charge >= 0.3 is 6.09 Å². The summed E-state index contributed by atoms with van der Waals surface area (Å²) in [5.41, 5.74) is 3.14. The predicted molar refractivity (Wildman–Crippen MR) is 123 cm³/mol. The van der Waals surface area contributed by atoms with Crippen LogP contribution in [0.3, 0.4) is 0 Å². The van der Waals surface area contributed by atoms with Gasteiger partial charge in [-0.1, -0.05) is 23.8 Å². The van der Waals surface area contributed by atoms with Gasteiger partial charge < -0.3 is 10.1 Å². The van der Waals surface area contributed by atoms with Crippen molar-refractivity contribution in [2.45, 2.75) is 39.8 Å². The molecule has 0 aliphatic rings. The Hall–Kier alpha value is -4.21. The second-order valence-electron chi connectivity index (χ2n) is 8.50. The van der Waals surface area contributed by atoms with Crippen LogP contribution < -0.4 is 10.1 Å². The van der Waals surface area contributed by atoms with Crippen LogP contribution in [0, 0.1) is 6.92 Å². The minimum Gasteiger partial charge on any atom is -0.391 e. The second kappa shape index (κ2) is 9.11. The van der Waals surface area contributed by atoms with Crippen molar-refractivity contribution in [3.8, 4) is 11.6 Å². The lowest BCUT2D eigenvalue weighted by Crippen LogP contribution is -2.42. The Morgan fingerprint density at radius 2 is 1.85 bits per heavy atom. The van der Waals surface area contributed by atoms with E-state index in [9.17, 15) is 4.79 Å². The molecular formula is C23H24N8O2. The van der Waals surface area contributed by atoms with Crippen molar-refractivity contribution >= 4 is 22.9 Å². The van der Waals surface area contributed by atoms with Gasteiger partial charge in [0, 0.05) is 17.8 Å². The van der Waals surface area contributed by atoms with Gasteiger partial charge in [-0.2, -0.15) is 10.2 Å². The quantitative estimate of drug-likeness (QED) is 0.446. The molecule has 4 rings (SSSR count). The molecule has 0 spiro atoms. The largest absolute Gasteiger partial charge is 0.414 e. The summed E-state index contributed by atoms with van der Waals surface area (Å²) in [7, 11) is 0. The first kappa shape index (κ1) is 22.0. The number of ether oxygens (including phenoxy) is 1. The van der Waals surface area contributed by atoms with E-state index in [1.54, 1.807) is 29.2 Å². The number of amides is 1. The van der Waals surface area contributed by atoms with E-state index >= 15 is 0 Å². The van der Waals surface area contributed by atoms with E-state index in [2.05, 4.69) is 35.6 Å². The normalized spacial score (nSPS) is 11.8. The molecule has 1 N–H and O–H groups in total. The molecule has 0 fully saturated rings. The topological polar surface area (TPSA) is 120 Å². The summed E-state index contributed by atoms with van der Waals surface area (Å²) in [6, 6.07) is 11.4. The maximum atomic E-state index is 11.8. The second-order valence-corrected chi connectivity index (χ2v) is 8.50. The van der Waals surface area contributed by atoms with Crippen LogP contribution in [0.4, 0.5) is 10.6 Å². The molecule has 0 unspecified atom stereocenters. The number of nitrogens with zero attached hydrogens (tertiary/aromatic N) is 7. The fraction of sp³-hybridized carbons (Fsp3) is 0.261. The van der Waals surface area contributed by atoms with E-state index in [1.807, 2.05) is 52.0 Å². The number of carbonyl (C=O) groups excluding carboxylic acids is 1. The van der Waals surface area contributed by atoms with Crippen LogP contribution in [-0.4, -0.2) is 36.4 Å². The van der Waals surface area contributed by atoms with Crippen molar-refractivity contribution in [3.63, 3.8) is 0 Å². The summed E-state index contributed by atoms with van der Waals surface area (Å²) in [6.45, 7) is 7.93. The zero-order valence-electron chi connectivity index (χ0n) is 18.9. The Kier molecular flexibility index (Phi) is 6.07. The average Bonchev–Trinajstić information content (AvgIpc) is 3.19. The van der Waals surface area contributed by atoms with Crippen LogP contribution in [0.1, 0.15) is 31.9 Å². The van der Waals surface area contributed by atoms with Crippen molar-refractivity contribution in [3.05, 3.63) is 66.2 Å². The van der Waals surface area contributed by atoms with E-state index < -0.39 is 6.09 Å². The minimum atomic E-state index is -0.554. The third-order valence-corrected chi connectivity index (χ3v) is 4.51. The smallest absolute Gasteiger partial charge is 0.391 e. The number of carbonyl (C=O) groups is 1. The van der Waals surface area contributed by atoms with Gasteiger partial charge in [-0.05, 0) is 45.4 Å². The van der Waals surface area contributed by atoms with Crippen molar-refractivity contribution in [2.24, 2.45) is 10.2 Å². The summed E-state index contributed by atoms with van der Waals surface area (Å²) in [5.74, 6) is 0.642. The Bertz CT molecular complexity index is 1290. The van der Waals surface area contributed by atoms with Crippen molar-refractivity contribution in [2.75, 3.05) is 0 Å². The number of fused-ring (bicyclic) bond motifs is 1. The molecule has 0 atom stereocenters. The molecule has 4 aromatic rings. The number of hydrogen-bond acceptors (Lipinski definition) is 8. The monoisotopic (exact) mass is 444 g/mol. The zero-order valence-corrected chi connectivity index (χ0v) is 18.9. The molecule has 1 amide bonds. The van der Waals surface area contributed by atoms with Gasteiger partial charge in [-0.3, -0.25) is 0 Å². The molecule has 0 saturated carbocycles. The number of rotatable bonds is 5. The Labute approximate surface area is 190 Å². The molecule has 10 nitrogen and oxygen atoms in total. The third kappa shape index (κ3) is 5.53. The summed E-state index contributed by atoms with van der Waals surface area (Å²) in [5, 5.41) is 16.3. The van der Waals surface area contributed by atoms with Crippen LogP contribution in [0.2, 0.25) is 0 Å². The highest BCUT2D eigenvalue weighted by Gasteiger charge is 2.15. The molecule has 0 aliphatic heterocycles. The van der Waals surface area contributed by atoms with Crippen LogP contribution in [-0.2, 0) is 6.54 Å². The lowest BCUT2D eigenvalue weighted by atomic mass is 10.1. The fourth-order valence-electron chi connectivity index (χ4n) is 2.96. The van der Waals surface area contributed by atoms with Crippen LogP contribution in [0.5, 0.6) is 5.88 Å². The molecule has 1 aromatic carbocycles. The van der Waals surface area contributed by atoms with Crippen LogP contribution >= 0.6 is 0 Å². The maximum absolute atomic E-state index is 11.8. The van der Waals surface area contributed by atoms with Gasteiger partial charge in [0.05, 0.1) is 23.8 Å². The molecular weight excluding hydrogens is 420 g/mol. The van der Waals surface area contributed by atoms with Crippen molar-refractivity contribution < 1.29 is 9.53 Å². The lowest BCUT2D eigenvalue weighted by molar-refractivity contribution is 0.189. The molecule has 0 aliphatic carbocycles. The number of azo groups is 1. The molecule has 33 heavy (non-hydrogen) atoms. The summed E-state index contributed by atoms with van der Waals surface area (Å²) in [6.07, 6.45) is 4.16. The van der Waals surface area contributed by atoms with Crippen LogP contribution in [0.15, 0.2) is 65.3 Å². The third-order valence-electron chi connectivity index (χ3n) is 4.51. The highest BCUT2D eigenvalue weighted by atomic mass is 16.6. The van der Waals surface area contributed by atoms with Gasteiger partial charge in [0.25, 0.3) is 0 Å². The molecule has 10 heteroatoms. The molecule has 0 saturated heterocycles. The first-order valence-corrected chi connectivity index (χ1v) is 10.4. The van der Waals surface area contributed by atoms with Gasteiger partial charge in [-0.25, -0.2) is 24.4 Å². The van der Waals surface area contributed by atoms with E-state index in [4.69, 9.17) is 4.74 Å². The number of nitrogens with one attached hydrogen (secondary N) is 1. The number of pyridine rings is 1. The van der Waals surface area contributed by atoms with E-state index in [-0.39, 0.29) is 11.4 Å². The summed E-state index contributed by atoms with van der Waals surface area (Å²) >= 11 is 0. The molecule has 0 bridgehead atoms. The maximum Gasteiger partial charge on any atom is 0.414 e. The Morgan fingerprint density at radius 3 is 2.55 bits per heavy atom. The van der Waals surface area contributed by atoms with Gasteiger partial charge in [0.1, 0.15) is 6.33 Å². The van der Waals surface area contributed by atoms with Crippen LogP contribution in [0.25, 0.3) is 16.7 Å². The number of aryl methyl sites for hydroxylation is 1. The van der Waals surface area contributed by atoms with Gasteiger partial charge in [0.15, 0.2) is 11.5 Å². The molecule has 168 valence electrons. The van der Waals surface area contributed by atoms with E-state index in [0.29, 0.717) is 23.4 Å². The highest BCUT2D eigenvalue weighted by Crippen LogP contribution is 2.24. The van der Waals surface area contributed by atoms with Crippen molar-refractivity contribution in [1.29, 1.82) is 0 Å².